The fraction of sp³-hybridized carbons (Fsp3) is 0.182. The molecule has 0 saturated heterocycles. The standard InChI is InChI=1S/C11H12O2/c1-8-5-3-4-6-10(8)9(2)7-11(12)13/h3-6H,2,7H2,1H3,(H,12,13). The number of aryl methyl sites for hydroxylation is 1. The minimum atomic E-state index is -0.840. The molecule has 0 amide bonds. The Hall–Kier alpha value is -1.57. The fourth-order valence-electron chi connectivity index (χ4n) is 1.25. The van der Waals surface area contributed by atoms with Crippen LogP contribution in [0, 0.1) is 6.92 Å². The smallest absolute Gasteiger partial charge is 0.307 e. The molecule has 0 unspecified atom stereocenters. The molecule has 0 aliphatic carbocycles. The molecule has 2 nitrogen and oxygen atoms in total. The molecule has 0 aliphatic heterocycles. The maximum atomic E-state index is 10.4. The van der Waals surface area contributed by atoms with E-state index in [2.05, 4.69) is 6.58 Å². The molecule has 1 aromatic carbocycles. The van der Waals surface area contributed by atoms with Crippen LogP contribution in [0.2, 0.25) is 0 Å². The third-order valence-corrected chi connectivity index (χ3v) is 1.89. The number of rotatable bonds is 3. The van der Waals surface area contributed by atoms with Gasteiger partial charge in [0.25, 0.3) is 0 Å². The van der Waals surface area contributed by atoms with E-state index in [4.69, 9.17) is 5.11 Å². The zero-order valence-corrected chi connectivity index (χ0v) is 7.58. The second-order valence-electron chi connectivity index (χ2n) is 2.99. The Morgan fingerprint density at radius 2 is 2.08 bits per heavy atom. The van der Waals surface area contributed by atoms with Crippen molar-refractivity contribution in [3.63, 3.8) is 0 Å². The highest BCUT2D eigenvalue weighted by Crippen LogP contribution is 2.19. The molecule has 13 heavy (non-hydrogen) atoms. The van der Waals surface area contributed by atoms with Gasteiger partial charge in [0, 0.05) is 0 Å². The quantitative estimate of drug-likeness (QED) is 0.768. The Bertz CT molecular complexity index is 340. The van der Waals surface area contributed by atoms with Crippen molar-refractivity contribution in [3.05, 3.63) is 42.0 Å². The number of carboxylic acids is 1. The van der Waals surface area contributed by atoms with Crippen molar-refractivity contribution in [1.29, 1.82) is 0 Å². The Labute approximate surface area is 77.5 Å². The Morgan fingerprint density at radius 3 is 2.62 bits per heavy atom. The number of carboxylic acid groups (broad SMARTS) is 1. The zero-order valence-electron chi connectivity index (χ0n) is 7.58. The SMILES string of the molecule is C=C(CC(=O)O)c1ccccc1C. The maximum absolute atomic E-state index is 10.4. The van der Waals surface area contributed by atoms with Crippen molar-refractivity contribution >= 4 is 11.5 Å². The summed E-state index contributed by atoms with van der Waals surface area (Å²) in [5.74, 6) is -0.840. The molecule has 0 bridgehead atoms. The molecule has 2 heteroatoms. The predicted molar refractivity (Wildman–Crippen MR) is 52.5 cm³/mol. The molecule has 0 fully saturated rings. The van der Waals surface area contributed by atoms with Gasteiger partial charge in [-0.15, -0.1) is 0 Å². The lowest BCUT2D eigenvalue weighted by Gasteiger charge is -2.05. The van der Waals surface area contributed by atoms with Gasteiger partial charge in [-0.1, -0.05) is 30.8 Å². The second-order valence-corrected chi connectivity index (χ2v) is 2.99. The molecule has 68 valence electrons. The van der Waals surface area contributed by atoms with Gasteiger partial charge in [0.1, 0.15) is 0 Å². The summed E-state index contributed by atoms with van der Waals surface area (Å²) in [4.78, 5) is 10.4. The van der Waals surface area contributed by atoms with Crippen LogP contribution >= 0.6 is 0 Å². The Morgan fingerprint density at radius 1 is 1.46 bits per heavy atom. The van der Waals surface area contributed by atoms with E-state index >= 15 is 0 Å². The summed E-state index contributed by atoms with van der Waals surface area (Å²) in [7, 11) is 0. The van der Waals surface area contributed by atoms with Gasteiger partial charge in [0.2, 0.25) is 0 Å². The van der Waals surface area contributed by atoms with Crippen molar-refractivity contribution in [2.24, 2.45) is 0 Å². The van der Waals surface area contributed by atoms with E-state index in [1.165, 1.54) is 0 Å². The largest absolute Gasteiger partial charge is 0.481 e. The van der Waals surface area contributed by atoms with E-state index < -0.39 is 5.97 Å². The van der Waals surface area contributed by atoms with Gasteiger partial charge < -0.3 is 5.11 Å². The lowest BCUT2D eigenvalue weighted by atomic mass is 10.00. The Kier molecular flexibility index (Phi) is 2.85. The minimum Gasteiger partial charge on any atom is -0.481 e. The second kappa shape index (κ2) is 3.90. The van der Waals surface area contributed by atoms with Gasteiger partial charge in [-0.2, -0.15) is 0 Å². The van der Waals surface area contributed by atoms with Crippen molar-refractivity contribution < 1.29 is 9.90 Å². The highest BCUT2D eigenvalue weighted by atomic mass is 16.4. The van der Waals surface area contributed by atoms with Crippen molar-refractivity contribution in [2.75, 3.05) is 0 Å². The van der Waals surface area contributed by atoms with Crippen LogP contribution in [0.25, 0.3) is 5.57 Å². The predicted octanol–water partition coefficient (Wildman–Crippen LogP) is 2.48. The number of hydrogen-bond acceptors (Lipinski definition) is 1. The molecule has 0 spiro atoms. The first-order valence-corrected chi connectivity index (χ1v) is 4.07. The monoisotopic (exact) mass is 176 g/mol. The van der Waals surface area contributed by atoms with Crippen LogP contribution < -0.4 is 0 Å². The first-order chi connectivity index (χ1) is 6.11. The van der Waals surface area contributed by atoms with Crippen molar-refractivity contribution in [2.45, 2.75) is 13.3 Å². The third kappa shape index (κ3) is 2.44. The molecular weight excluding hydrogens is 164 g/mol. The van der Waals surface area contributed by atoms with Crippen LogP contribution in [0.4, 0.5) is 0 Å². The van der Waals surface area contributed by atoms with Crippen LogP contribution in [0.5, 0.6) is 0 Å². The number of benzene rings is 1. The first kappa shape index (κ1) is 9.52. The van der Waals surface area contributed by atoms with Crippen LogP contribution in [0.1, 0.15) is 17.5 Å². The van der Waals surface area contributed by atoms with Crippen LogP contribution in [-0.2, 0) is 4.79 Å². The maximum Gasteiger partial charge on any atom is 0.307 e. The van der Waals surface area contributed by atoms with Gasteiger partial charge in [0.05, 0.1) is 6.42 Å². The van der Waals surface area contributed by atoms with E-state index in [1.807, 2.05) is 31.2 Å². The van der Waals surface area contributed by atoms with Crippen LogP contribution in [0.15, 0.2) is 30.8 Å². The van der Waals surface area contributed by atoms with Gasteiger partial charge in [0.15, 0.2) is 0 Å². The lowest BCUT2D eigenvalue weighted by Crippen LogP contribution is -1.97. The average Bonchev–Trinajstić information content (AvgIpc) is 2.03. The van der Waals surface area contributed by atoms with Crippen LogP contribution in [-0.4, -0.2) is 11.1 Å². The fourth-order valence-corrected chi connectivity index (χ4v) is 1.25. The molecule has 0 radical (unpaired) electrons. The topological polar surface area (TPSA) is 37.3 Å². The van der Waals surface area contributed by atoms with Gasteiger partial charge in [-0.3, -0.25) is 4.79 Å². The first-order valence-electron chi connectivity index (χ1n) is 4.07. The van der Waals surface area contributed by atoms with E-state index in [9.17, 15) is 4.79 Å². The molecule has 1 N–H and O–H groups in total. The normalized spacial score (nSPS) is 9.62. The molecule has 0 saturated carbocycles. The van der Waals surface area contributed by atoms with Gasteiger partial charge >= 0.3 is 5.97 Å². The van der Waals surface area contributed by atoms with E-state index in [0.29, 0.717) is 5.57 Å². The molecule has 0 aliphatic rings. The molecule has 0 aromatic heterocycles. The molecule has 1 rings (SSSR count). The highest BCUT2D eigenvalue weighted by molar-refractivity contribution is 5.83. The molecular formula is C11H12O2. The summed E-state index contributed by atoms with van der Waals surface area (Å²) in [6.07, 6.45) is 0.00481. The summed E-state index contributed by atoms with van der Waals surface area (Å²) >= 11 is 0. The highest BCUT2D eigenvalue weighted by Gasteiger charge is 2.05. The zero-order chi connectivity index (χ0) is 9.84. The summed E-state index contributed by atoms with van der Waals surface area (Å²) in [5.41, 5.74) is 2.66. The molecule has 0 heterocycles. The summed E-state index contributed by atoms with van der Waals surface area (Å²) in [6, 6.07) is 7.64. The summed E-state index contributed by atoms with van der Waals surface area (Å²) in [6.45, 7) is 5.69. The van der Waals surface area contributed by atoms with Gasteiger partial charge in [-0.25, -0.2) is 0 Å². The van der Waals surface area contributed by atoms with E-state index in [1.54, 1.807) is 0 Å². The van der Waals surface area contributed by atoms with Gasteiger partial charge in [-0.05, 0) is 23.6 Å². The minimum absolute atomic E-state index is 0.00481. The number of carbonyl (C=O) groups is 1. The average molecular weight is 176 g/mol. The molecule has 0 atom stereocenters. The molecule has 1 aromatic rings. The van der Waals surface area contributed by atoms with E-state index in [-0.39, 0.29) is 6.42 Å². The van der Waals surface area contributed by atoms with E-state index in [0.717, 1.165) is 11.1 Å². The third-order valence-electron chi connectivity index (χ3n) is 1.89. The summed E-state index contributed by atoms with van der Waals surface area (Å²) < 4.78 is 0. The lowest BCUT2D eigenvalue weighted by molar-refractivity contribution is -0.135. The number of hydrogen-bond donors (Lipinski definition) is 1. The Balaban J connectivity index is 2.89. The van der Waals surface area contributed by atoms with Crippen LogP contribution in [0.3, 0.4) is 0 Å². The summed E-state index contributed by atoms with van der Waals surface area (Å²) in [5, 5.41) is 8.58. The van der Waals surface area contributed by atoms with Crippen molar-refractivity contribution in [3.8, 4) is 0 Å². The number of aliphatic carboxylic acids is 1. The van der Waals surface area contributed by atoms with Crippen molar-refractivity contribution in [1.82, 2.24) is 0 Å².